The van der Waals surface area contributed by atoms with Crippen LogP contribution in [-0.2, 0) is 4.79 Å². The smallest absolute Gasteiger partial charge is 0.242 e. The quantitative estimate of drug-likeness (QED) is 0.493. The average Bonchev–Trinajstić information content (AvgIpc) is 3.17. The molecule has 1 aromatic carbocycles. The molecule has 3 aromatic rings. The number of carbonyl (C=O) groups is 1. The molecule has 1 unspecified atom stereocenters. The second-order valence-corrected chi connectivity index (χ2v) is 9.19. The molecule has 170 valence electrons. The Hall–Kier alpha value is -2.27. The first-order chi connectivity index (χ1) is 15.4. The number of halogens is 2. The molecule has 2 N–H and O–H groups in total. The summed E-state index contributed by atoms with van der Waals surface area (Å²) in [7, 11) is 3.98. The maximum Gasteiger partial charge on any atom is 0.242 e. The van der Waals surface area contributed by atoms with Crippen LogP contribution in [0.1, 0.15) is 11.6 Å². The predicted octanol–water partition coefficient (Wildman–Crippen LogP) is 2.31. The fourth-order valence-electron chi connectivity index (χ4n) is 3.91. The van der Waals surface area contributed by atoms with E-state index in [4.69, 9.17) is 11.6 Å². The van der Waals surface area contributed by atoms with Gasteiger partial charge in [0.25, 0.3) is 0 Å². The van der Waals surface area contributed by atoms with Crippen molar-refractivity contribution in [2.24, 2.45) is 0 Å². The topological polar surface area (TPSA) is 93.3 Å². The number of benzene rings is 1. The van der Waals surface area contributed by atoms with Crippen LogP contribution in [0.4, 0.5) is 5.82 Å². The maximum atomic E-state index is 13.2. The summed E-state index contributed by atoms with van der Waals surface area (Å²) >= 11 is 9.57. The lowest BCUT2D eigenvalue weighted by molar-refractivity contribution is -0.126. The van der Waals surface area contributed by atoms with E-state index >= 15 is 0 Å². The molecule has 0 radical (unpaired) electrons. The fourth-order valence-corrected chi connectivity index (χ4v) is 4.49. The second-order valence-electron chi connectivity index (χ2n) is 8.01. The summed E-state index contributed by atoms with van der Waals surface area (Å²) in [4.78, 5) is 28.4. The average molecular weight is 522 g/mol. The number of aromatic nitrogens is 4. The largest absolute Gasteiger partial charge is 0.353 e. The summed E-state index contributed by atoms with van der Waals surface area (Å²) < 4.78 is 0.699. The lowest BCUT2D eigenvalue weighted by Gasteiger charge is -2.39. The minimum absolute atomic E-state index is 0.00429. The van der Waals surface area contributed by atoms with Gasteiger partial charge in [-0.15, -0.1) is 0 Å². The van der Waals surface area contributed by atoms with Crippen molar-refractivity contribution in [3.05, 3.63) is 45.8 Å². The molecule has 9 nitrogen and oxygen atoms in total. The summed E-state index contributed by atoms with van der Waals surface area (Å²) in [5.41, 5.74) is 1.64. The lowest BCUT2D eigenvalue weighted by atomic mass is 10.0. The second kappa shape index (κ2) is 10.1. The van der Waals surface area contributed by atoms with E-state index in [1.807, 2.05) is 43.3 Å². The number of nitrogens with one attached hydrogen (secondary N) is 2. The number of amides is 1. The van der Waals surface area contributed by atoms with Gasteiger partial charge in [0.1, 0.15) is 22.8 Å². The van der Waals surface area contributed by atoms with E-state index in [0.717, 1.165) is 49.5 Å². The van der Waals surface area contributed by atoms with Crippen LogP contribution in [0.15, 0.2) is 35.2 Å². The third-order valence-corrected chi connectivity index (χ3v) is 6.39. The first kappa shape index (κ1) is 22.9. The highest BCUT2D eigenvalue weighted by atomic mass is 79.9. The maximum absolute atomic E-state index is 13.2. The minimum atomic E-state index is -0.373. The van der Waals surface area contributed by atoms with Crippen LogP contribution in [0, 0.1) is 0 Å². The zero-order valence-electron chi connectivity index (χ0n) is 18.1. The molecule has 1 atom stereocenters. The molecule has 1 fully saturated rings. The summed E-state index contributed by atoms with van der Waals surface area (Å²) in [5.74, 6) is 0.846. The zero-order chi connectivity index (χ0) is 22.7. The number of nitrogens with zero attached hydrogens (tertiary/aromatic N) is 6. The van der Waals surface area contributed by atoms with Crippen molar-refractivity contribution in [3.8, 4) is 0 Å². The minimum Gasteiger partial charge on any atom is -0.353 e. The van der Waals surface area contributed by atoms with Gasteiger partial charge in [-0.25, -0.2) is 9.97 Å². The van der Waals surface area contributed by atoms with E-state index in [-0.39, 0.29) is 11.9 Å². The number of piperazine rings is 1. The highest BCUT2D eigenvalue weighted by Crippen LogP contribution is 2.30. The van der Waals surface area contributed by atoms with Crippen molar-refractivity contribution in [2.45, 2.75) is 6.04 Å². The van der Waals surface area contributed by atoms with Gasteiger partial charge >= 0.3 is 0 Å². The lowest BCUT2D eigenvalue weighted by Crippen LogP contribution is -2.51. The Morgan fingerprint density at radius 3 is 2.62 bits per heavy atom. The highest BCUT2D eigenvalue weighted by molar-refractivity contribution is 9.10. The van der Waals surface area contributed by atoms with Crippen molar-refractivity contribution in [1.82, 2.24) is 35.3 Å². The molecule has 0 saturated carbocycles. The number of hydrogen-bond acceptors (Lipinski definition) is 7. The van der Waals surface area contributed by atoms with Crippen molar-refractivity contribution < 1.29 is 4.79 Å². The molecule has 1 aliphatic rings. The van der Waals surface area contributed by atoms with Crippen LogP contribution >= 0.6 is 27.5 Å². The van der Waals surface area contributed by atoms with Gasteiger partial charge in [0.15, 0.2) is 5.65 Å². The first-order valence-electron chi connectivity index (χ1n) is 10.5. The van der Waals surface area contributed by atoms with Crippen LogP contribution < -0.4 is 10.2 Å². The fraction of sp³-hybridized carbons (Fsp3) is 0.429. The van der Waals surface area contributed by atoms with Crippen molar-refractivity contribution in [2.75, 3.05) is 58.3 Å². The third-order valence-electron chi connectivity index (χ3n) is 5.56. The standard InChI is InChI=1S/C21H26BrClN8O/c1-29(2)8-7-24-21(32)17(14-3-5-15(23)6-4-14)30-9-11-31(12-10-30)20-16-18(22)27-28-19(16)25-13-26-20/h3-6,13,17H,7-12H2,1-2H3,(H,24,32)(H,25,26,27,28). The number of hydrogen-bond donors (Lipinski definition) is 2. The highest BCUT2D eigenvalue weighted by Gasteiger charge is 2.31. The van der Waals surface area contributed by atoms with E-state index < -0.39 is 0 Å². The van der Waals surface area contributed by atoms with E-state index in [2.05, 4.69) is 51.2 Å². The third kappa shape index (κ3) is 5.03. The Morgan fingerprint density at radius 2 is 1.94 bits per heavy atom. The van der Waals surface area contributed by atoms with Gasteiger partial charge in [-0.3, -0.25) is 14.8 Å². The summed E-state index contributed by atoms with van der Waals surface area (Å²) in [6, 6.07) is 7.16. The van der Waals surface area contributed by atoms with Gasteiger partial charge in [0, 0.05) is 44.3 Å². The molecule has 4 rings (SSSR count). The Balaban J connectivity index is 1.51. The normalized spacial score (nSPS) is 16.0. The number of likely N-dealkylation sites (N-methyl/N-ethyl adjacent to an activating group) is 1. The molecule has 11 heteroatoms. The molecule has 32 heavy (non-hydrogen) atoms. The van der Waals surface area contributed by atoms with Crippen LogP contribution in [-0.4, -0.2) is 89.2 Å². The molecular weight excluding hydrogens is 496 g/mol. The SMILES string of the molecule is CN(C)CCNC(=O)C(c1ccc(Cl)cc1)N1CCN(c2ncnc3[nH]nc(Br)c23)CC1. The monoisotopic (exact) mass is 520 g/mol. The number of anilines is 1. The molecule has 0 spiro atoms. The molecule has 0 aliphatic carbocycles. The van der Waals surface area contributed by atoms with Crippen LogP contribution in [0.2, 0.25) is 5.02 Å². The van der Waals surface area contributed by atoms with E-state index in [1.165, 1.54) is 0 Å². The van der Waals surface area contributed by atoms with Crippen molar-refractivity contribution in [3.63, 3.8) is 0 Å². The summed E-state index contributed by atoms with van der Waals surface area (Å²) in [6.45, 7) is 4.29. The Kier molecular flexibility index (Phi) is 7.24. The van der Waals surface area contributed by atoms with Crippen LogP contribution in [0.25, 0.3) is 11.0 Å². The number of aromatic amines is 1. The number of H-pyrrole nitrogens is 1. The molecule has 1 aliphatic heterocycles. The van der Waals surface area contributed by atoms with E-state index in [0.29, 0.717) is 21.8 Å². The van der Waals surface area contributed by atoms with Crippen LogP contribution in [0.3, 0.4) is 0 Å². The van der Waals surface area contributed by atoms with Gasteiger partial charge in [-0.05, 0) is 47.7 Å². The molecule has 3 heterocycles. The first-order valence-corrected chi connectivity index (χ1v) is 11.6. The Labute approximate surface area is 200 Å². The number of carbonyl (C=O) groups excluding carboxylic acids is 1. The Bertz CT molecular complexity index is 1070. The molecule has 0 bridgehead atoms. The van der Waals surface area contributed by atoms with Crippen molar-refractivity contribution in [1.29, 1.82) is 0 Å². The summed E-state index contributed by atoms with van der Waals surface area (Å²) in [6.07, 6.45) is 1.55. The van der Waals surface area contributed by atoms with Gasteiger partial charge < -0.3 is 15.1 Å². The molecular formula is C21H26BrClN8O. The molecule has 1 amide bonds. The van der Waals surface area contributed by atoms with Crippen molar-refractivity contribution >= 4 is 50.3 Å². The number of fused-ring (bicyclic) bond motifs is 1. The van der Waals surface area contributed by atoms with Gasteiger partial charge in [0.2, 0.25) is 5.91 Å². The van der Waals surface area contributed by atoms with Gasteiger partial charge in [0.05, 0.1) is 5.39 Å². The molecule has 2 aromatic heterocycles. The van der Waals surface area contributed by atoms with Crippen LogP contribution in [0.5, 0.6) is 0 Å². The summed E-state index contributed by atoms with van der Waals surface area (Å²) in [5, 5.41) is 11.7. The molecule has 1 saturated heterocycles. The zero-order valence-corrected chi connectivity index (χ0v) is 20.4. The number of rotatable bonds is 7. The van der Waals surface area contributed by atoms with Gasteiger partial charge in [-0.2, -0.15) is 5.10 Å². The van der Waals surface area contributed by atoms with E-state index in [1.54, 1.807) is 6.33 Å². The van der Waals surface area contributed by atoms with E-state index in [9.17, 15) is 4.79 Å². The predicted molar refractivity (Wildman–Crippen MR) is 129 cm³/mol. The Morgan fingerprint density at radius 1 is 1.22 bits per heavy atom. The van der Waals surface area contributed by atoms with Gasteiger partial charge in [-0.1, -0.05) is 23.7 Å².